The van der Waals surface area contributed by atoms with E-state index in [-0.39, 0.29) is 18.3 Å². The Labute approximate surface area is 169 Å². The Balaban J connectivity index is 0.00000261. The molecule has 0 saturated carbocycles. The number of benzene rings is 2. The number of likely N-dealkylation sites (tertiary alicyclic amines) is 1. The van der Waals surface area contributed by atoms with Crippen LogP contribution in [-0.4, -0.2) is 43.5 Å². The summed E-state index contributed by atoms with van der Waals surface area (Å²) in [4.78, 5) is 17.1. The molecule has 1 saturated heterocycles. The van der Waals surface area contributed by atoms with E-state index in [1.165, 1.54) is 5.56 Å². The van der Waals surface area contributed by atoms with Gasteiger partial charge in [-0.3, -0.25) is 4.79 Å². The van der Waals surface area contributed by atoms with Crippen LogP contribution in [0.25, 0.3) is 0 Å². The summed E-state index contributed by atoms with van der Waals surface area (Å²) in [6, 6.07) is 19.0. The van der Waals surface area contributed by atoms with Crippen molar-refractivity contribution in [3.63, 3.8) is 0 Å². The molecule has 1 N–H and O–H groups in total. The van der Waals surface area contributed by atoms with Gasteiger partial charge in [-0.2, -0.15) is 0 Å². The number of rotatable bonds is 6. The lowest BCUT2D eigenvalue weighted by atomic mass is 10.0. The first-order valence-electron chi connectivity index (χ1n) is 9.56. The largest absolute Gasteiger partial charge is 0.367 e. The molecule has 1 fully saturated rings. The third kappa shape index (κ3) is 5.47. The topological polar surface area (TPSA) is 35.6 Å². The van der Waals surface area contributed by atoms with Crippen LogP contribution in [0.4, 0.5) is 5.69 Å². The fourth-order valence-electron chi connectivity index (χ4n) is 3.58. The van der Waals surface area contributed by atoms with Crippen molar-refractivity contribution in [1.29, 1.82) is 0 Å². The number of piperidine rings is 1. The number of carbonyl (C=O) groups is 1. The Bertz CT molecular complexity index is 705. The molecule has 146 valence electrons. The maximum atomic E-state index is 12.8. The van der Waals surface area contributed by atoms with E-state index in [2.05, 4.69) is 53.5 Å². The second-order valence-electron chi connectivity index (χ2n) is 6.93. The first-order valence-corrected chi connectivity index (χ1v) is 9.56. The highest BCUT2D eigenvalue weighted by Crippen LogP contribution is 2.20. The first kappa shape index (κ1) is 21.3. The molecular formula is C22H30ClN3O. The molecule has 1 aliphatic heterocycles. The van der Waals surface area contributed by atoms with Gasteiger partial charge < -0.3 is 15.1 Å². The van der Waals surface area contributed by atoms with Gasteiger partial charge in [-0.25, -0.2) is 0 Å². The van der Waals surface area contributed by atoms with Gasteiger partial charge in [0.05, 0.1) is 0 Å². The minimum Gasteiger partial charge on any atom is -0.367 e. The van der Waals surface area contributed by atoms with Crippen LogP contribution in [0.15, 0.2) is 54.6 Å². The van der Waals surface area contributed by atoms with Gasteiger partial charge >= 0.3 is 0 Å². The smallest absolute Gasteiger partial charge is 0.253 e. The Morgan fingerprint density at radius 2 is 1.85 bits per heavy atom. The van der Waals surface area contributed by atoms with Gasteiger partial charge in [0.2, 0.25) is 0 Å². The number of amides is 1. The van der Waals surface area contributed by atoms with Crippen molar-refractivity contribution in [2.45, 2.75) is 32.4 Å². The maximum absolute atomic E-state index is 12.8. The van der Waals surface area contributed by atoms with E-state index >= 15 is 0 Å². The third-order valence-corrected chi connectivity index (χ3v) is 5.19. The summed E-state index contributed by atoms with van der Waals surface area (Å²) < 4.78 is 0. The highest BCUT2D eigenvalue weighted by molar-refractivity contribution is 5.94. The highest BCUT2D eigenvalue weighted by atomic mass is 35.5. The average molecular weight is 388 g/mol. The van der Waals surface area contributed by atoms with Crippen LogP contribution in [0.2, 0.25) is 0 Å². The number of halogens is 1. The molecule has 27 heavy (non-hydrogen) atoms. The van der Waals surface area contributed by atoms with E-state index in [0.29, 0.717) is 6.04 Å². The van der Waals surface area contributed by atoms with Crippen molar-refractivity contribution < 1.29 is 4.79 Å². The van der Waals surface area contributed by atoms with E-state index in [4.69, 9.17) is 0 Å². The summed E-state index contributed by atoms with van der Waals surface area (Å²) in [5, 5.41) is 3.29. The van der Waals surface area contributed by atoms with E-state index < -0.39 is 0 Å². The molecule has 4 nitrogen and oxygen atoms in total. The van der Waals surface area contributed by atoms with Crippen molar-refractivity contribution in [3.05, 3.63) is 65.7 Å². The second kappa shape index (κ2) is 10.3. The van der Waals surface area contributed by atoms with Gasteiger partial charge in [-0.1, -0.05) is 30.3 Å². The minimum atomic E-state index is 0. The molecule has 0 aromatic heterocycles. The molecule has 1 atom stereocenters. The molecule has 2 aromatic carbocycles. The van der Waals surface area contributed by atoms with Crippen LogP contribution in [0, 0.1) is 0 Å². The van der Waals surface area contributed by atoms with Crippen LogP contribution in [0.3, 0.4) is 0 Å². The monoisotopic (exact) mass is 387 g/mol. The lowest BCUT2D eigenvalue weighted by molar-refractivity contribution is 0.0698. The fourth-order valence-corrected chi connectivity index (χ4v) is 3.58. The predicted octanol–water partition coefficient (Wildman–Crippen LogP) is 3.96. The van der Waals surface area contributed by atoms with Crippen molar-refractivity contribution in [1.82, 2.24) is 10.2 Å². The number of hydrogen-bond donors (Lipinski definition) is 1. The number of nitrogens with one attached hydrogen (secondary N) is 1. The van der Waals surface area contributed by atoms with Crippen molar-refractivity contribution in [2.75, 3.05) is 31.6 Å². The van der Waals surface area contributed by atoms with Gasteiger partial charge in [-0.15, -0.1) is 12.4 Å². The number of carbonyl (C=O) groups excluding carboxylic acids is 1. The summed E-state index contributed by atoms with van der Waals surface area (Å²) in [5.41, 5.74) is 3.22. The van der Waals surface area contributed by atoms with Crippen LogP contribution in [-0.2, 0) is 6.54 Å². The van der Waals surface area contributed by atoms with Crippen molar-refractivity contribution in [2.24, 2.45) is 0 Å². The molecule has 1 unspecified atom stereocenters. The van der Waals surface area contributed by atoms with Crippen LogP contribution < -0.4 is 10.2 Å². The molecule has 1 heterocycles. The van der Waals surface area contributed by atoms with Crippen molar-refractivity contribution >= 4 is 24.0 Å². The van der Waals surface area contributed by atoms with Gasteiger partial charge in [0.1, 0.15) is 0 Å². The number of nitrogens with zero attached hydrogens (tertiary/aromatic N) is 2. The maximum Gasteiger partial charge on any atom is 0.253 e. The van der Waals surface area contributed by atoms with E-state index in [0.717, 1.165) is 50.3 Å². The summed E-state index contributed by atoms with van der Waals surface area (Å²) in [6.45, 7) is 5.62. The Morgan fingerprint density at radius 3 is 2.48 bits per heavy atom. The standard InChI is InChI=1S/C22H29N3O.ClH/c1-3-24(16-18-8-5-4-6-9-18)21-13-11-19(12-14-21)22(26)25-15-7-10-20(17-25)23-2;/h4-6,8-9,11-14,20,23H,3,7,10,15-17H2,1-2H3;1H. The Kier molecular flexibility index (Phi) is 8.14. The summed E-state index contributed by atoms with van der Waals surface area (Å²) in [7, 11) is 1.97. The van der Waals surface area contributed by atoms with Gasteiger partial charge in [0.25, 0.3) is 5.91 Å². The normalized spacial score (nSPS) is 16.5. The van der Waals surface area contributed by atoms with E-state index in [1.54, 1.807) is 0 Å². The van der Waals surface area contributed by atoms with Crippen molar-refractivity contribution in [3.8, 4) is 0 Å². The lowest BCUT2D eigenvalue weighted by Crippen LogP contribution is -2.46. The molecular weight excluding hydrogens is 358 g/mol. The molecule has 2 aromatic rings. The minimum absolute atomic E-state index is 0. The quantitative estimate of drug-likeness (QED) is 0.814. The summed E-state index contributed by atoms with van der Waals surface area (Å²) in [6.07, 6.45) is 2.21. The molecule has 1 amide bonds. The first-order chi connectivity index (χ1) is 12.7. The molecule has 0 spiro atoms. The van der Waals surface area contributed by atoms with Crippen LogP contribution >= 0.6 is 12.4 Å². The van der Waals surface area contributed by atoms with Crippen LogP contribution in [0.1, 0.15) is 35.7 Å². The number of likely N-dealkylation sites (N-methyl/N-ethyl adjacent to an activating group) is 1. The number of hydrogen-bond acceptors (Lipinski definition) is 3. The average Bonchev–Trinajstić information content (AvgIpc) is 2.72. The SMILES string of the molecule is CCN(Cc1ccccc1)c1ccc(C(=O)N2CCCC(NC)C2)cc1.Cl. The summed E-state index contributed by atoms with van der Waals surface area (Å²) in [5.74, 6) is 0.141. The van der Waals surface area contributed by atoms with Crippen LogP contribution in [0.5, 0.6) is 0 Å². The molecule has 5 heteroatoms. The van der Waals surface area contributed by atoms with E-state index in [1.807, 2.05) is 30.1 Å². The zero-order chi connectivity index (χ0) is 18.4. The highest BCUT2D eigenvalue weighted by Gasteiger charge is 2.23. The number of anilines is 1. The Hall–Kier alpha value is -2.04. The molecule has 0 bridgehead atoms. The predicted molar refractivity (Wildman–Crippen MR) is 115 cm³/mol. The van der Waals surface area contributed by atoms with Gasteiger partial charge in [0, 0.05) is 43.5 Å². The molecule has 3 rings (SSSR count). The molecule has 0 radical (unpaired) electrons. The third-order valence-electron chi connectivity index (χ3n) is 5.19. The lowest BCUT2D eigenvalue weighted by Gasteiger charge is -2.32. The molecule has 0 aliphatic carbocycles. The zero-order valence-electron chi connectivity index (χ0n) is 16.2. The zero-order valence-corrected chi connectivity index (χ0v) is 17.0. The second-order valence-corrected chi connectivity index (χ2v) is 6.93. The van der Waals surface area contributed by atoms with Gasteiger partial charge in [-0.05, 0) is 56.6 Å². The van der Waals surface area contributed by atoms with Gasteiger partial charge in [0.15, 0.2) is 0 Å². The van der Waals surface area contributed by atoms with E-state index in [9.17, 15) is 4.79 Å². The summed E-state index contributed by atoms with van der Waals surface area (Å²) >= 11 is 0. The Morgan fingerprint density at radius 1 is 1.15 bits per heavy atom. The molecule has 1 aliphatic rings. The fraction of sp³-hybridized carbons (Fsp3) is 0.409.